The van der Waals surface area contributed by atoms with E-state index < -0.39 is 0 Å². The van der Waals surface area contributed by atoms with Gasteiger partial charge in [0, 0.05) is 24.0 Å². The van der Waals surface area contributed by atoms with E-state index >= 15 is 0 Å². The molecule has 1 aliphatic carbocycles. The highest BCUT2D eigenvalue weighted by Gasteiger charge is 2.40. The van der Waals surface area contributed by atoms with Crippen molar-refractivity contribution >= 4 is 15.9 Å². The first-order chi connectivity index (χ1) is 6.09. The second-order valence-corrected chi connectivity index (χ2v) is 6.43. The van der Waals surface area contributed by atoms with Crippen molar-refractivity contribution in [1.29, 1.82) is 0 Å². The molecule has 0 amide bonds. The number of hydrogen-bond donors (Lipinski definition) is 0. The molecule has 1 saturated carbocycles. The van der Waals surface area contributed by atoms with E-state index in [2.05, 4.69) is 34.7 Å². The van der Waals surface area contributed by atoms with Crippen molar-refractivity contribution in [1.82, 2.24) is 4.90 Å². The van der Waals surface area contributed by atoms with Crippen molar-refractivity contribution in [3.8, 4) is 0 Å². The summed E-state index contributed by atoms with van der Waals surface area (Å²) < 4.78 is 0. The molecule has 0 spiro atoms. The molecule has 1 unspecified atom stereocenters. The minimum atomic E-state index is 0.475. The fraction of sp³-hybridized carbons (Fsp3) is 1.00. The van der Waals surface area contributed by atoms with Gasteiger partial charge in [-0.25, -0.2) is 0 Å². The van der Waals surface area contributed by atoms with E-state index in [0.29, 0.717) is 10.2 Å². The van der Waals surface area contributed by atoms with Crippen molar-refractivity contribution in [2.45, 2.75) is 50.4 Å². The van der Waals surface area contributed by atoms with Gasteiger partial charge in [-0.2, -0.15) is 0 Å². The van der Waals surface area contributed by atoms with E-state index in [4.69, 9.17) is 0 Å². The minimum absolute atomic E-state index is 0.475. The zero-order valence-electron chi connectivity index (χ0n) is 8.72. The normalized spacial score (nSPS) is 35.8. The van der Waals surface area contributed by atoms with Gasteiger partial charge in [-0.3, -0.25) is 4.90 Å². The fourth-order valence-electron chi connectivity index (χ4n) is 2.69. The zero-order valence-corrected chi connectivity index (χ0v) is 10.3. The molecule has 0 aromatic heterocycles. The highest BCUT2D eigenvalue weighted by molar-refractivity contribution is 9.09. The third kappa shape index (κ3) is 1.94. The number of alkyl halides is 1. The van der Waals surface area contributed by atoms with Crippen LogP contribution in [-0.2, 0) is 0 Å². The summed E-state index contributed by atoms with van der Waals surface area (Å²) in [5, 5.41) is 0. The SMILES string of the molecule is CC1(C)CN(C2CCCC2)CC1Br. The van der Waals surface area contributed by atoms with E-state index in [1.807, 2.05) is 0 Å². The van der Waals surface area contributed by atoms with Gasteiger partial charge in [0.25, 0.3) is 0 Å². The maximum atomic E-state index is 3.81. The largest absolute Gasteiger partial charge is 0.299 e. The van der Waals surface area contributed by atoms with Crippen molar-refractivity contribution < 1.29 is 0 Å². The van der Waals surface area contributed by atoms with Crippen LogP contribution in [0.1, 0.15) is 39.5 Å². The van der Waals surface area contributed by atoms with Crippen molar-refractivity contribution in [2.24, 2.45) is 5.41 Å². The van der Waals surface area contributed by atoms with Crippen LogP contribution < -0.4 is 0 Å². The van der Waals surface area contributed by atoms with E-state index in [-0.39, 0.29) is 0 Å². The van der Waals surface area contributed by atoms with Gasteiger partial charge in [-0.1, -0.05) is 42.6 Å². The molecule has 76 valence electrons. The van der Waals surface area contributed by atoms with E-state index in [0.717, 1.165) is 6.04 Å². The zero-order chi connectivity index (χ0) is 9.47. The first kappa shape index (κ1) is 9.97. The Balaban J connectivity index is 1.96. The maximum Gasteiger partial charge on any atom is 0.0336 e. The number of nitrogens with zero attached hydrogens (tertiary/aromatic N) is 1. The number of hydrogen-bond acceptors (Lipinski definition) is 1. The van der Waals surface area contributed by atoms with Gasteiger partial charge in [0.1, 0.15) is 0 Å². The van der Waals surface area contributed by atoms with Gasteiger partial charge in [-0.05, 0) is 18.3 Å². The Kier molecular flexibility index (Phi) is 2.72. The van der Waals surface area contributed by atoms with Gasteiger partial charge in [0.2, 0.25) is 0 Å². The van der Waals surface area contributed by atoms with Crippen LogP contribution in [0.2, 0.25) is 0 Å². The van der Waals surface area contributed by atoms with Gasteiger partial charge in [0.15, 0.2) is 0 Å². The Morgan fingerprint density at radius 2 is 1.85 bits per heavy atom. The molecule has 0 aromatic carbocycles. The van der Waals surface area contributed by atoms with Crippen LogP contribution in [0.3, 0.4) is 0 Å². The van der Waals surface area contributed by atoms with E-state index in [1.54, 1.807) is 0 Å². The quantitative estimate of drug-likeness (QED) is 0.643. The number of rotatable bonds is 1. The molecular formula is C11H20BrN. The summed E-state index contributed by atoms with van der Waals surface area (Å²) >= 11 is 3.81. The molecule has 1 heterocycles. The Morgan fingerprint density at radius 3 is 2.31 bits per heavy atom. The lowest BCUT2D eigenvalue weighted by molar-refractivity contribution is 0.220. The Hall–Kier alpha value is 0.440. The summed E-state index contributed by atoms with van der Waals surface area (Å²) in [6, 6.07) is 0.904. The summed E-state index contributed by atoms with van der Waals surface area (Å²) in [6.45, 7) is 7.30. The molecule has 0 radical (unpaired) electrons. The van der Waals surface area contributed by atoms with Crippen LogP contribution in [0.4, 0.5) is 0 Å². The molecular weight excluding hydrogens is 226 g/mol. The molecule has 2 rings (SSSR count). The van der Waals surface area contributed by atoms with Gasteiger partial charge < -0.3 is 0 Å². The number of likely N-dealkylation sites (tertiary alicyclic amines) is 1. The van der Waals surface area contributed by atoms with Gasteiger partial charge >= 0.3 is 0 Å². The number of halogens is 1. The van der Waals surface area contributed by atoms with E-state index in [1.165, 1.54) is 38.8 Å². The second kappa shape index (κ2) is 3.54. The molecule has 1 atom stereocenters. The molecule has 0 bridgehead atoms. The summed E-state index contributed by atoms with van der Waals surface area (Å²) in [4.78, 5) is 3.40. The lowest BCUT2D eigenvalue weighted by atomic mass is 9.93. The molecule has 1 aliphatic heterocycles. The van der Waals surface area contributed by atoms with Crippen LogP contribution in [0, 0.1) is 5.41 Å². The average Bonchev–Trinajstić information content (AvgIpc) is 2.60. The van der Waals surface area contributed by atoms with Crippen LogP contribution in [0.25, 0.3) is 0 Å². The molecule has 0 aromatic rings. The summed E-state index contributed by atoms with van der Waals surface area (Å²) in [7, 11) is 0. The monoisotopic (exact) mass is 245 g/mol. The highest BCUT2D eigenvalue weighted by Crippen LogP contribution is 2.38. The summed E-state index contributed by atoms with van der Waals surface area (Å²) in [5.74, 6) is 0. The Labute approximate surface area is 90.0 Å². The third-order valence-corrected chi connectivity index (χ3v) is 5.22. The molecule has 2 aliphatic rings. The molecule has 0 N–H and O–H groups in total. The standard InChI is InChI=1S/C11H20BrN/c1-11(2)8-13(7-10(11)12)9-5-3-4-6-9/h9-10H,3-8H2,1-2H3. The van der Waals surface area contributed by atoms with Crippen molar-refractivity contribution in [2.75, 3.05) is 13.1 Å². The maximum absolute atomic E-state index is 3.81. The van der Waals surface area contributed by atoms with Crippen molar-refractivity contribution in [3.63, 3.8) is 0 Å². The fourth-order valence-corrected chi connectivity index (χ4v) is 3.20. The Morgan fingerprint density at radius 1 is 1.23 bits per heavy atom. The molecule has 1 saturated heterocycles. The average molecular weight is 246 g/mol. The molecule has 2 heteroatoms. The van der Waals surface area contributed by atoms with Crippen molar-refractivity contribution in [3.05, 3.63) is 0 Å². The smallest absolute Gasteiger partial charge is 0.0336 e. The lowest BCUT2D eigenvalue weighted by Crippen LogP contribution is -2.32. The minimum Gasteiger partial charge on any atom is -0.299 e. The summed E-state index contributed by atoms with van der Waals surface area (Å²) in [5.41, 5.74) is 0.475. The lowest BCUT2D eigenvalue weighted by Gasteiger charge is -2.25. The third-order valence-electron chi connectivity index (χ3n) is 3.69. The van der Waals surface area contributed by atoms with Crippen LogP contribution in [-0.4, -0.2) is 28.9 Å². The van der Waals surface area contributed by atoms with E-state index in [9.17, 15) is 0 Å². The predicted molar refractivity (Wildman–Crippen MR) is 60.3 cm³/mol. The highest BCUT2D eigenvalue weighted by atomic mass is 79.9. The van der Waals surface area contributed by atoms with Gasteiger partial charge in [-0.15, -0.1) is 0 Å². The molecule has 2 fully saturated rings. The topological polar surface area (TPSA) is 3.24 Å². The van der Waals surface area contributed by atoms with Crippen LogP contribution in [0.5, 0.6) is 0 Å². The van der Waals surface area contributed by atoms with Crippen LogP contribution >= 0.6 is 15.9 Å². The van der Waals surface area contributed by atoms with Gasteiger partial charge in [0.05, 0.1) is 0 Å². The predicted octanol–water partition coefficient (Wildman–Crippen LogP) is 3.03. The second-order valence-electron chi connectivity index (χ2n) is 5.32. The van der Waals surface area contributed by atoms with Crippen LogP contribution in [0.15, 0.2) is 0 Å². The Bertz CT molecular complexity index is 185. The first-order valence-electron chi connectivity index (χ1n) is 5.48. The molecule has 1 nitrogen and oxygen atoms in total. The molecule has 13 heavy (non-hydrogen) atoms. The summed E-state index contributed by atoms with van der Waals surface area (Å²) in [6.07, 6.45) is 5.79. The first-order valence-corrected chi connectivity index (χ1v) is 6.39.